The van der Waals surface area contributed by atoms with Gasteiger partial charge in [-0.2, -0.15) is 5.10 Å². The number of benzene rings is 1. The molecule has 0 atom stereocenters. The van der Waals surface area contributed by atoms with Gasteiger partial charge in [-0.15, -0.1) is 0 Å². The van der Waals surface area contributed by atoms with Crippen LogP contribution in [0.25, 0.3) is 16.9 Å². The van der Waals surface area contributed by atoms with Gasteiger partial charge in [0.05, 0.1) is 11.4 Å². The highest BCUT2D eigenvalue weighted by Crippen LogP contribution is 2.27. The fourth-order valence-electron chi connectivity index (χ4n) is 2.63. The standard InChI is InChI=1S/C15H18FN5/c1-4-5-11-13-14(20(3)19-11)21(15(17)18-13)12-7-6-9(2)8-10(12)16/h6-8H,4-5H2,1-3H3,(H2,17,18). The number of nitrogens with two attached hydrogens (primary N) is 1. The highest BCUT2D eigenvalue weighted by molar-refractivity contribution is 5.80. The Balaban J connectivity index is 2.30. The van der Waals surface area contributed by atoms with Crippen LogP contribution in [0.3, 0.4) is 0 Å². The summed E-state index contributed by atoms with van der Waals surface area (Å²) in [6.45, 7) is 3.93. The van der Waals surface area contributed by atoms with Crippen molar-refractivity contribution < 1.29 is 4.39 Å². The number of anilines is 1. The highest BCUT2D eigenvalue weighted by atomic mass is 19.1. The van der Waals surface area contributed by atoms with Gasteiger partial charge in [0.25, 0.3) is 0 Å². The van der Waals surface area contributed by atoms with Crippen LogP contribution in [0, 0.1) is 12.7 Å². The highest BCUT2D eigenvalue weighted by Gasteiger charge is 2.20. The molecule has 0 aliphatic rings. The maximum absolute atomic E-state index is 14.3. The Kier molecular flexibility index (Phi) is 3.16. The molecule has 0 amide bonds. The van der Waals surface area contributed by atoms with Crippen molar-refractivity contribution in [2.45, 2.75) is 26.7 Å². The molecule has 0 saturated heterocycles. The van der Waals surface area contributed by atoms with E-state index in [1.54, 1.807) is 15.3 Å². The van der Waals surface area contributed by atoms with Crippen LogP contribution in [0.4, 0.5) is 10.3 Å². The van der Waals surface area contributed by atoms with Crippen molar-refractivity contribution in [1.29, 1.82) is 0 Å². The zero-order valence-corrected chi connectivity index (χ0v) is 12.4. The van der Waals surface area contributed by atoms with Gasteiger partial charge in [-0.1, -0.05) is 19.4 Å². The molecule has 5 nitrogen and oxygen atoms in total. The third kappa shape index (κ3) is 2.07. The maximum Gasteiger partial charge on any atom is 0.207 e. The van der Waals surface area contributed by atoms with Crippen molar-refractivity contribution in [3.8, 4) is 5.69 Å². The molecule has 2 heterocycles. The van der Waals surface area contributed by atoms with Crippen LogP contribution in [-0.4, -0.2) is 19.3 Å². The molecular weight excluding hydrogens is 269 g/mol. The summed E-state index contributed by atoms with van der Waals surface area (Å²) in [4.78, 5) is 4.38. The Morgan fingerprint density at radius 2 is 2.10 bits per heavy atom. The molecular formula is C15H18FN5. The van der Waals surface area contributed by atoms with Crippen molar-refractivity contribution in [3.05, 3.63) is 35.3 Å². The number of fused-ring (bicyclic) bond motifs is 1. The molecule has 0 bridgehead atoms. The molecule has 0 unspecified atom stereocenters. The lowest BCUT2D eigenvalue weighted by Crippen LogP contribution is -2.06. The smallest absolute Gasteiger partial charge is 0.207 e. The number of hydrogen-bond acceptors (Lipinski definition) is 3. The van der Waals surface area contributed by atoms with Crippen LogP contribution in [0.15, 0.2) is 18.2 Å². The molecule has 2 N–H and O–H groups in total. The minimum atomic E-state index is -0.320. The normalized spacial score (nSPS) is 11.4. The first-order valence-electron chi connectivity index (χ1n) is 6.99. The summed E-state index contributed by atoms with van der Waals surface area (Å²) < 4.78 is 17.6. The van der Waals surface area contributed by atoms with Crippen LogP contribution >= 0.6 is 0 Å². The minimum Gasteiger partial charge on any atom is -0.369 e. The summed E-state index contributed by atoms with van der Waals surface area (Å²) in [6, 6.07) is 5.06. The summed E-state index contributed by atoms with van der Waals surface area (Å²) >= 11 is 0. The van der Waals surface area contributed by atoms with Gasteiger partial charge < -0.3 is 5.73 Å². The summed E-state index contributed by atoms with van der Waals surface area (Å²) in [6.07, 6.45) is 1.79. The number of halogens is 1. The second-order valence-corrected chi connectivity index (χ2v) is 5.25. The summed E-state index contributed by atoms with van der Waals surface area (Å²) in [5, 5.41) is 4.47. The first-order chi connectivity index (χ1) is 10.0. The monoisotopic (exact) mass is 287 g/mol. The van der Waals surface area contributed by atoms with Gasteiger partial charge >= 0.3 is 0 Å². The number of hydrogen-bond donors (Lipinski definition) is 1. The lowest BCUT2D eigenvalue weighted by molar-refractivity contribution is 0.617. The van der Waals surface area contributed by atoms with Gasteiger partial charge in [0.2, 0.25) is 5.95 Å². The van der Waals surface area contributed by atoms with Crippen LogP contribution < -0.4 is 5.73 Å². The van der Waals surface area contributed by atoms with Crippen LogP contribution in [-0.2, 0) is 13.5 Å². The molecule has 110 valence electrons. The topological polar surface area (TPSA) is 61.7 Å². The predicted molar refractivity (Wildman–Crippen MR) is 80.9 cm³/mol. The van der Waals surface area contributed by atoms with Crippen molar-refractivity contribution in [1.82, 2.24) is 19.3 Å². The van der Waals surface area contributed by atoms with Gasteiger partial charge in [-0.3, -0.25) is 4.57 Å². The molecule has 0 spiro atoms. The summed E-state index contributed by atoms with van der Waals surface area (Å²) in [5.41, 5.74) is 9.64. The Hall–Kier alpha value is -2.37. The van der Waals surface area contributed by atoms with E-state index < -0.39 is 0 Å². The van der Waals surface area contributed by atoms with Crippen LogP contribution in [0.1, 0.15) is 24.6 Å². The zero-order valence-electron chi connectivity index (χ0n) is 12.4. The second-order valence-electron chi connectivity index (χ2n) is 5.25. The number of nitrogens with zero attached hydrogens (tertiary/aromatic N) is 4. The largest absolute Gasteiger partial charge is 0.369 e. The van der Waals surface area contributed by atoms with Crippen molar-refractivity contribution in [2.24, 2.45) is 7.05 Å². The Bertz CT molecular complexity index is 815. The summed E-state index contributed by atoms with van der Waals surface area (Å²) in [5.74, 6) is -0.0441. The van der Waals surface area contributed by atoms with Gasteiger partial charge in [-0.25, -0.2) is 14.1 Å². The first kappa shape index (κ1) is 13.6. The maximum atomic E-state index is 14.3. The van der Waals surface area contributed by atoms with Gasteiger partial charge in [0, 0.05) is 7.05 Å². The van der Waals surface area contributed by atoms with Gasteiger partial charge in [0.15, 0.2) is 5.65 Å². The number of nitrogen functional groups attached to an aromatic ring is 1. The fourth-order valence-corrected chi connectivity index (χ4v) is 2.63. The van der Waals surface area contributed by atoms with E-state index in [4.69, 9.17) is 5.73 Å². The average Bonchev–Trinajstić information content (AvgIpc) is 2.89. The zero-order chi connectivity index (χ0) is 15.1. The fraction of sp³-hybridized carbons (Fsp3) is 0.333. The Labute approximate surface area is 122 Å². The molecule has 0 saturated carbocycles. The lowest BCUT2D eigenvalue weighted by atomic mass is 10.2. The molecule has 3 aromatic rings. The number of rotatable bonds is 3. The van der Waals surface area contributed by atoms with E-state index in [9.17, 15) is 4.39 Å². The van der Waals surface area contributed by atoms with E-state index in [1.165, 1.54) is 6.07 Å². The third-order valence-electron chi connectivity index (χ3n) is 3.56. The third-order valence-corrected chi connectivity index (χ3v) is 3.56. The molecule has 1 aromatic carbocycles. The van der Waals surface area contributed by atoms with E-state index in [2.05, 4.69) is 17.0 Å². The molecule has 0 fully saturated rings. The quantitative estimate of drug-likeness (QED) is 0.805. The molecule has 2 aromatic heterocycles. The van der Waals surface area contributed by atoms with E-state index >= 15 is 0 Å². The Morgan fingerprint density at radius 3 is 2.76 bits per heavy atom. The number of aromatic nitrogens is 4. The first-order valence-corrected chi connectivity index (χ1v) is 6.99. The van der Waals surface area contributed by atoms with Crippen molar-refractivity contribution in [2.75, 3.05) is 5.73 Å². The number of imidazole rings is 1. The minimum absolute atomic E-state index is 0.276. The molecule has 21 heavy (non-hydrogen) atoms. The predicted octanol–water partition coefficient (Wildman–Crippen LogP) is 2.74. The molecule has 3 rings (SSSR count). The van der Waals surface area contributed by atoms with E-state index in [0.717, 1.165) is 35.3 Å². The lowest BCUT2D eigenvalue weighted by Gasteiger charge is -2.08. The second kappa shape index (κ2) is 4.87. The average molecular weight is 287 g/mol. The van der Waals surface area contributed by atoms with Gasteiger partial charge in [0.1, 0.15) is 11.3 Å². The van der Waals surface area contributed by atoms with Crippen molar-refractivity contribution >= 4 is 17.1 Å². The van der Waals surface area contributed by atoms with E-state index in [0.29, 0.717) is 5.69 Å². The molecule has 0 aliphatic heterocycles. The SMILES string of the molecule is CCCc1nn(C)c2c1nc(N)n2-c1ccc(C)cc1F. The van der Waals surface area contributed by atoms with Gasteiger partial charge in [-0.05, 0) is 31.0 Å². The van der Waals surface area contributed by atoms with Crippen LogP contribution in [0.5, 0.6) is 0 Å². The number of aryl methyl sites for hydroxylation is 3. The molecule has 6 heteroatoms. The van der Waals surface area contributed by atoms with Crippen LogP contribution in [0.2, 0.25) is 0 Å². The van der Waals surface area contributed by atoms with E-state index in [-0.39, 0.29) is 11.8 Å². The van der Waals surface area contributed by atoms with Crippen molar-refractivity contribution in [3.63, 3.8) is 0 Å². The summed E-state index contributed by atoms with van der Waals surface area (Å²) in [7, 11) is 1.82. The van der Waals surface area contributed by atoms with E-state index in [1.807, 2.05) is 20.0 Å². The molecule has 0 radical (unpaired) electrons. The molecule has 0 aliphatic carbocycles. The Morgan fingerprint density at radius 1 is 1.33 bits per heavy atom.